The van der Waals surface area contributed by atoms with Gasteiger partial charge in [-0.15, -0.1) is 0 Å². The Morgan fingerprint density at radius 2 is 1.59 bits per heavy atom. The lowest BCUT2D eigenvalue weighted by molar-refractivity contribution is -0.665. The molecule has 1 fully saturated rings. The molecule has 4 rings (SSSR count). The van der Waals surface area contributed by atoms with Crippen molar-refractivity contribution < 1.29 is 24.4 Å². The molecule has 0 saturated carbocycles. The molecule has 3 aromatic carbocycles. The molecule has 8 heteroatoms. The van der Waals surface area contributed by atoms with Gasteiger partial charge in [0.15, 0.2) is 0 Å². The summed E-state index contributed by atoms with van der Waals surface area (Å²) in [4.78, 5) is 26.3. The molecule has 1 saturated heterocycles. The zero-order valence-electron chi connectivity index (χ0n) is 18.9. The van der Waals surface area contributed by atoms with E-state index < -0.39 is 11.6 Å². The van der Waals surface area contributed by atoms with Crippen molar-refractivity contribution in [2.45, 2.75) is 32.3 Å². The van der Waals surface area contributed by atoms with Gasteiger partial charge in [0, 0.05) is 34.9 Å². The summed E-state index contributed by atoms with van der Waals surface area (Å²) in [5, 5.41) is 3.71. The average molecular weight is 796 g/mol. The zero-order chi connectivity index (χ0) is 24.5. The molecule has 178 valence electrons. The summed E-state index contributed by atoms with van der Waals surface area (Å²) in [6.45, 7) is 6.13. The van der Waals surface area contributed by atoms with Crippen LogP contribution in [0, 0.1) is 16.6 Å². The van der Waals surface area contributed by atoms with Gasteiger partial charge in [0.1, 0.15) is 11.4 Å². The van der Waals surface area contributed by atoms with Crippen molar-refractivity contribution in [3.63, 3.8) is 0 Å². The number of hydrogen-bond donors (Lipinski definition) is 1. The van der Waals surface area contributed by atoms with Crippen LogP contribution in [-0.4, -0.2) is 30.6 Å². The van der Waals surface area contributed by atoms with E-state index in [0.29, 0.717) is 33.6 Å². The van der Waals surface area contributed by atoms with Crippen LogP contribution < -0.4 is 10.1 Å². The molecular weight excluding hydrogens is 771 g/mol. The van der Waals surface area contributed by atoms with Crippen LogP contribution in [0.2, 0.25) is 0 Å². The van der Waals surface area contributed by atoms with E-state index in [4.69, 9.17) is 9.47 Å². The molecular formula is C26H25I3NO4+. The van der Waals surface area contributed by atoms with Gasteiger partial charge in [0.25, 0.3) is 0 Å². The maximum atomic E-state index is 13.3. The third kappa shape index (κ3) is 5.70. The summed E-state index contributed by atoms with van der Waals surface area (Å²) in [7, 11) is 0. The van der Waals surface area contributed by atoms with Crippen LogP contribution in [0.3, 0.4) is 0 Å². The number of ether oxygens (including phenoxy) is 2. The molecule has 0 unspecified atom stereocenters. The van der Waals surface area contributed by atoms with Crippen LogP contribution in [0.1, 0.15) is 47.4 Å². The minimum absolute atomic E-state index is 0.340. The highest BCUT2D eigenvalue weighted by Crippen LogP contribution is 2.33. The molecule has 1 aliphatic rings. The highest BCUT2D eigenvalue weighted by Gasteiger charge is 2.36. The van der Waals surface area contributed by atoms with Gasteiger partial charge in [-0.2, -0.15) is 0 Å². The Bertz CT molecular complexity index is 1250. The van der Waals surface area contributed by atoms with Crippen LogP contribution in [-0.2, 0) is 4.74 Å². The van der Waals surface area contributed by atoms with E-state index in [9.17, 15) is 9.59 Å². The fourth-order valence-corrected chi connectivity index (χ4v) is 6.77. The Morgan fingerprint density at radius 3 is 2.29 bits per heavy atom. The summed E-state index contributed by atoms with van der Waals surface area (Å²) in [5.74, 6) is -0.0114. The fraction of sp³-hybridized carbons (Fsp3) is 0.308. The second-order valence-corrected chi connectivity index (χ2v) is 12.4. The normalized spacial score (nSPS) is 14.7. The topological polar surface area (TPSA) is 69.2 Å². The fourth-order valence-electron chi connectivity index (χ4n) is 4.40. The molecule has 0 amide bonds. The largest absolute Gasteiger partial charge is 0.456 e. The maximum absolute atomic E-state index is 13.3. The molecule has 34 heavy (non-hydrogen) atoms. The summed E-state index contributed by atoms with van der Waals surface area (Å²) < 4.78 is 14.7. The first kappa shape index (κ1) is 26.1. The number of nitrogens with two attached hydrogens (primary N) is 1. The van der Waals surface area contributed by atoms with Gasteiger partial charge in [-0.25, -0.2) is 9.59 Å². The molecule has 0 atom stereocenters. The minimum Gasteiger partial charge on any atom is -0.456 e. The number of halogens is 3. The lowest BCUT2D eigenvalue weighted by atomic mass is 9.83. The molecule has 0 bridgehead atoms. The summed E-state index contributed by atoms with van der Waals surface area (Å²) in [5.41, 5.74) is 0.454. The predicted molar refractivity (Wildman–Crippen MR) is 157 cm³/mol. The molecule has 0 aliphatic carbocycles. The van der Waals surface area contributed by atoms with Crippen molar-refractivity contribution in [2.75, 3.05) is 13.1 Å². The van der Waals surface area contributed by atoms with Crippen LogP contribution in [0.5, 0.6) is 5.75 Å². The molecule has 1 aliphatic heterocycles. The second-order valence-electron chi connectivity index (χ2n) is 8.93. The molecule has 0 aromatic heterocycles. The van der Waals surface area contributed by atoms with Gasteiger partial charge >= 0.3 is 11.9 Å². The van der Waals surface area contributed by atoms with E-state index in [2.05, 4.69) is 73.1 Å². The van der Waals surface area contributed by atoms with Crippen molar-refractivity contribution in [2.24, 2.45) is 5.92 Å². The monoisotopic (exact) mass is 796 g/mol. The van der Waals surface area contributed by atoms with E-state index in [1.54, 1.807) is 12.1 Å². The third-order valence-corrected chi connectivity index (χ3v) is 9.96. The Morgan fingerprint density at radius 1 is 0.912 bits per heavy atom. The molecule has 3 aromatic rings. The van der Waals surface area contributed by atoms with E-state index in [1.807, 2.05) is 50.2 Å². The van der Waals surface area contributed by atoms with Gasteiger partial charge in [-0.1, -0.05) is 24.3 Å². The second kappa shape index (κ2) is 11.0. The number of carbonyl (C=O) groups excluding carboxylic acids is 2. The van der Waals surface area contributed by atoms with Crippen molar-refractivity contribution in [1.82, 2.24) is 0 Å². The Labute approximate surface area is 240 Å². The lowest BCUT2D eigenvalue weighted by Crippen LogP contribution is -2.86. The van der Waals surface area contributed by atoms with Gasteiger partial charge in [-0.05, 0) is 111 Å². The number of rotatable bonds is 5. The average Bonchev–Trinajstić information content (AvgIpc) is 2.81. The predicted octanol–water partition coefficient (Wildman–Crippen LogP) is 5.78. The number of piperidine rings is 1. The van der Waals surface area contributed by atoms with E-state index in [1.165, 1.54) is 0 Å². The third-order valence-electron chi connectivity index (χ3n) is 6.30. The first-order valence-electron chi connectivity index (χ1n) is 11.1. The summed E-state index contributed by atoms with van der Waals surface area (Å²) in [6.07, 6.45) is 2.07. The van der Waals surface area contributed by atoms with Gasteiger partial charge in [-0.3, -0.25) is 0 Å². The Kier molecular flexibility index (Phi) is 8.40. The SMILES string of the molecule is CC(C)(OC(=O)c1ccc(OC(=O)c2cc(I)cc(I)c2I)c2ccccc12)C1CC[NH2+]CC1. The Hall–Kier alpha value is -0.990. The minimum atomic E-state index is -0.546. The first-order chi connectivity index (χ1) is 16.2. The number of quaternary nitrogens is 1. The Balaban J connectivity index is 1.63. The quantitative estimate of drug-likeness (QED) is 0.154. The molecule has 2 N–H and O–H groups in total. The number of benzene rings is 3. The van der Waals surface area contributed by atoms with Crippen molar-refractivity contribution in [3.05, 3.63) is 70.4 Å². The van der Waals surface area contributed by atoms with Crippen LogP contribution in [0.15, 0.2) is 48.5 Å². The summed E-state index contributed by atoms with van der Waals surface area (Å²) in [6, 6.07) is 14.7. The lowest BCUT2D eigenvalue weighted by Gasteiger charge is -2.35. The van der Waals surface area contributed by atoms with E-state index >= 15 is 0 Å². The number of carbonyl (C=O) groups is 2. The molecule has 1 heterocycles. The van der Waals surface area contributed by atoms with Gasteiger partial charge < -0.3 is 14.8 Å². The zero-order valence-corrected chi connectivity index (χ0v) is 25.3. The van der Waals surface area contributed by atoms with Crippen molar-refractivity contribution in [3.8, 4) is 5.75 Å². The number of fused-ring (bicyclic) bond motifs is 1. The molecule has 0 radical (unpaired) electrons. The first-order valence-corrected chi connectivity index (χ1v) is 14.3. The van der Waals surface area contributed by atoms with Crippen LogP contribution in [0.25, 0.3) is 10.8 Å². The van der Waals surface area contributed by atoms with Crippen molar-refractivity contribution >= 4 is 90.5 Å². The van der Waals surface area contributed by atoms with E-state index in [-0.39, 0.29) is 5.97 Å². The van der Waals surface area contributed by atoms with Crippen molar-refractivity contribution in [1.29, 1.82) is 0 Å². The number of esters is 2. The van der Waals surface area contributed by atoms with Crippen LogP contribution >= 0.6 is 67.8 Å². The standard InChI is InChI=1S/C26H24I3NO4/c1-26(2,15-9-11-30-12-10-15)34-25(32)19-7-8-22(18-6-4-3-5-17(18)19)33-24(31)20-13-16(27)14-21(28)23(20)29/h3-8,13-15,30H,9-12H2,1-2H3/p+1. The molecule has 5 nitrogen and oxygen atoms in total. The van der Waals surface area contributed by atoms with Gasteiger partial charge in [0.05, 0.1) is 24.2 Å². The highest BCUT2D eigenvalue weighted by molar-refractivity contribution is 14.1. The smallest absolute Gasteiger partial charge is 0.344 e. The summed E-state index contributed by atoms with van der Waals surface area (Å²) >= 11 is 6.58. The van der Waals surface area contributed by atoms with Gasteiger partial charge in [0.2, 0.25) is 0 Å². The maximum Gasteiger partial charge on any atom is 0.344 e. The molecule has 0 spiro atoms. The number of hydrogen-bond acceptors (Lipinski definition) is 4. The highest BCUT2D eigenvalue weighted by atomic mass is 127. The van der Waals surface area contributed by atoms with E-state index in [0.717, 1.165) is 36.6 Å². The van der Waals surface area contributed by atoms with Crippen LogP contribution in [0.4, 0.5) is 0 Å².